The maximum atomic E-state index is 2.30. The third-order valence-electron chi connectivity index (χ3n) is 3.85. The van der Waals surface area contributed by atoms with E-state index in [-0.39, 0.29) is 0 Å². The fraction of sp³-hybridized carbons (Fsp3) is 0.316. The van der Waals surface area contributed by atoms with E-state index in [0.717, 1.165) is 0 Å². The van der Waals surface area contributed by atoms with Gasteiger partial charge in [0, 0.05) is 5.92 Å². The van der Waals surface area contributed by atoms with Gasteiger partial charge in [0.05, 0.1) is 0 Å². The van der Waals surface area contributed by atoms with Crippen molar-refractivity contribution in [3.63, 3.8) is 0 Å². The first kappa shape index (κ1) is 13.9. The Bertz CT molecular complexity index is 527. The van der Waals surface area contributed by atoms with Crippen LogP contribution in [0.2, 0.25) is 0 Å². The van der Waals surface area contributed by atoms with E-state index in [0.29, 0.717) is 5.92 Å². The Morgan fingerprint density at radius 2 is 1.16 bits per heavy atom. The molecular formula is C19H23. The van der Waals surface area contributed by atoms with Crippen molar-refractivity contribution in [3.05, 3.63) is 76.2 Å². The third-order valence-corrected chi connectivity index (χ3v) is 3.85. The van der Waals surface area contributed by atoms with Crippen LogP contribution in [-0.4, -0.2) is 0 Å². The standard InChI is InChI=1S/C19H23/c1-6-17(18-9-7-13(2)11-15(18)4)19-10-8-14(3)12-16(19)5/h6-12,17H,1-5H3. The first-order valence-electron chi connectivity index (χ1n) is 6.96. The molecule has 2 aromatic rings. The van der Waals surface area contributed by atoms with Gasteiger partial charge in [0.2, 0.25) is 0 Å². The van der Waals surface area contributed by atoms with Gasteiger partial charge < -0.3 is 0 Å². The average Bonchev–Trinajstić information content (AvgIpc) is 2.34. The summed E-state index contributed by atoms with van der Waals surface area (Å²) in [7, 11) is 0. The van der Waals surface area contributed by atoms with E-state index in [1.807, 2.05) is 0 Å². The fourth-order valence-electron chi connectivity index (χ4n) is 2.88. The molecule has 0 aromatic heterocycles. The summed E-state index contributed by atoms with van der Waals surface area (Å²) in [6, 6.07) is 13.5. The smallest absolute Gasteiger partial charge is 0.0123 e. The van der Waals surface area contributed by atoms with Crippen LogP contribution < -0.4 is 0 Å². The molecule has 0 heteroatoms. The van der Waals surface area contributed by atoms with Gasteiger partial charge in [-0.1, -0.05) is 54.4 Å². The second-order valence-corrected chi connectivity index (χ2v) is 5.53. The minimum Gasteiger partial charge on any atom is -0.0613 e. The van der Waals surface area contributed by atoms with E-state index in [4.69, 9.17) is 0 Å². The highest BCUT2D eigenvalue weighted by molar-refractivity contribution is 5.45. The van der Waals surface area contributed by atoms with Gasteiger partial charge in [0.15, 0.2) is 0 Å². The van der Waals surface area contributed by atoms with Crippen LogP contribution >= 0.6 is 0 Å². The molecule has 0 aliphatic rings. The topological polar surface area (TPSA) is 0 Å². The maximum Gasteiger partial charge on any atom is 0.0123 e. The van der Waals surface area contributed by atoms with Gasteiger partial charge in [0.1, 0.15) is 0 Å². The van der Waals surface area contributed by atoms with Crippen molar-refractivity contribution >= 4 is 0 Å². The maximum absolute atomic E-state index is 2.30. The van der Waals surface area contributed by atoms with Crippen molar-refractivity contribution in [1.29, 1.82) is 0 Å². The van der Waals surface area contributed by atoms with E-state index in [1.54, 1.807) is 0 Å². The predicted octanol–water partition coefficient (Wildman–Crippen LogP) is 5.28. The molecule has 0 bridgehead atoms. The number of aryl methyl sites for hydroxylation is 4. The quantitative estimate of drug-likeness (QED) is 0.696. The highest BCUT2D eigenvalue weighted by Crippen LogP contribution is 2.32. The number of hydrogen-bond donors (Lipinski definition) is 0. The summed E-state index contributed by atoms with van der Waals surface area (Å²) in [6.45, 7) is 10.9. The average molecular weight is 251 g/mol. The summed E-state index contributed by atoms with van der Waals surface area (Å²) < 4.78 is 0. The fourth-order valence-corrected chi connectivity index (χ4v) is 2.88. The zero-order valence-corrected chi connectivity index (χ0v) is 12.6. The van der Waals surface area contributed by atoms with Crippen LogP contribution in [0.4, 0.5) is 0 Å². The predicted molar refractivity (Wildman–Crippen MR) is 83.6 cm³/mol. The van der Waals surface area contributed by atoms with Gasteiger partial charge in [-0.25, -0.2) is 0 Å². The molecule has 0 aliphatic heterocycles. The highest BCUT2D eigenvalue weighted by atomic mass is 14.2. The molecule has 19 heavy (non-hydrogen) atoms. The molecule has 0 heterocycles. The molecule has 0 N–H and O–H groups in total. The molecule has 99 valence electrons. The van der Waals surface area contributed by atoms with E-state index >= 15 is 0 Å². The summed E-state index contributed by atoms with van der Waals surface area (Å²) in [5.41, 5.74) is 8.25. The largest absolute Gasteiger partial charge is 0.0613 e. The van der Waals surface area contributed by atoms with Crippen LogP contribution in [0.15, 0.2) is 36.4 Å². The molecular weight excluding hydrogens is 228 g/mol. The lowest BCUT2D eigenvalue weighted by molar-refractivity contribution is 0.914. The van der Waals surface area contributed by atoms with Crippen LogP contribution in [0, 0.1) is 34.1 Å². The van der Waals surface area contributed by atoms with Crippen LogP contribution in [0.1, 0.15) is 46.2 Å². The molecule has 0 saturated carbocycles. The molecule has 2 rings (SSSR count). The molecule has 2 aromatic carbocycles. The number of rotatable bonds is 3. The highest BCUT2D eigenvalue weighted by Gasteiger charge is 2.16. The Morgan fingerprint density at radius 1 is 0.737 bits per heavy atom. The molecule has 0 fully saturated rings. The molecule has 0 spiro atoms. The first-order chi connectivity index (χ1) is 9.02. The lowest BCUT2D eigenvalue weighted by Gasteiger charge is -2.21. The van der Waals surface area contributed by atoms with E-state index in [9.17, 15) is 0 Å². The normalized spacial score (nSPS) is 11.1. The Labute approximate surface area is 117 Å². The van der Waals surface area contributed by atoms with E-state index < -0.39 is 0 Å². The molecule has 0 unspecified atom stereocenters. The number of hydrogen-bond acceptors (Lipinski definition) is 0. The lowest BCUT2D eigenvalue weighted by atomic mass is 9.83. The lowest BCUT2D eigenvalue weighted by Crippen LogP contribution is -2.05. The van der Waals surface area contributed by atoms with Crippen LogP contribution in [0.5, 0.6) is 0 Å². The Balaban J connectivity index is 2.50. The van der Waals surface area contributed by atoms with Gasteiger partial charge in [-0.15, -0.1) is 0 Å². The summed E-state index contributed by atoms with van der Waals surface area (Å²) in [6.07, 6.45) is 2.30. The van der Waals surface area contributed by atoms with Crippen molar-refractivity contribution in [3.8, 4) is 0 Å². The second-order valence-electron chi connectivity index (χ2n) is 5.53. The van der Waals surface area contributed by atoms with Crippen LogP contribution in [0.25, 0.3) is 0 Å². The molecule has 0 saturated heterocycles. The van der Waals surface area contributed by atoms with Crippen molar-refractivity contribution in [2.75, 3.05) is 0 Å². The monoisotopic (exact) mass is 251 g/mol. The van der Waals surface area contributed by atoms with Crippen LogP contribution in [0.3, 0.4) is 0 Å². The summed E-state index contributed by atoms with van der Waals surface area (Å²) >= 11 is 0. The third kappa shape index (κ3) is 2.89. The molecule has 1 radical (unpaired) electrons. The number of benzene rings is 2. The van der Waals surface area contributed by atoms with Gasteiger partial charge in [0.25, 0.3) is 0 Å². The minimum atomic E-state index is 0.390. The molecule has 0 amide bonds. The Kier molecular flexibility index (Phi) is 4.09. The zero-order chi connectivity index (χ0) is 14.0. The minimum absolute atomic E-state index is 0.390. The van der Waals surface area contributed by atoms with Gasteiger partial charge in [-0.05, 0) is 56.4 Å². The molecule has 0 atom stereocenters. The van der Waals surface area contributed by atoms with Crippen molar-refractivity contribution < 1.29 is 0 Å². The van der Waals surface area contributed by atoms with Crippen molar-refractivity contribution in [2.24, 2.45) is 0 Å². The van der Waals surface area contributed by atoms with Crippen molar-refractivity contribution in [2.45, 2.75) is 40.5 Å². The second kappa shape index (κ2) is 5.61. The molecule has 0 aliphatic carbocycles. The first-order valence-corrected chi connectivity index (χ1v) is 6.96. The van der Waals surface area contributed by atoms with E-state index in [1.165, 1.54) is 33.4 Å². The van der Waals surface area contributed by atoms with Gasteiger partial charge in [-0.3, -0.25) is 0 Å². The zero-order valence-electron chi connectivity index (χ0n) is 12.6. The van der Waals surface area contributed by atoms with E-state index in [2.05, 4.69) is 77.4 Å². The summed E-state index contributed by atoms with van der Waals surface area (Å²) in [4.78, 5) is 0. The van der Waals surface area contributed by atoms with Crippen molar-refractivity contribution in [1.82, 2.24) is 0 Å². The summed E-state index contributed by atoms with van der Waals surface area (Å²) in [5, 5.41) is 0. The van der Waals surface area contributed by atoms with Gasteiger partial charge >= 0.3 is 0 Å². The molecule has 0 nitrogen and oxygen atoms in total. The Morgan fingerprint density at radius 3 is 1.47 bits per heavy atom. The Hall–Kier alpha value is -1.56. The van der Waals surface area contributed by atoms with Crippen LogP contribution in [-0.2, 0) is 0 Å². The summed E-state index contributed by atoms with van der Waals surface area (Å²) in [5.74, 6) is 0.390. The van der Waals surface area contributed by atoms with Gasteiger partial charge in [-0.2, -0.15) is 0 Å². The SMILES string of the molecule is C[CH]C(c1ccc(C)cc1C)c1ccc(C)cc1C.